The number of carbonyl (C=O) groups is 7. The first-order valence-corrected chi connectivity index (χ1v) is 18.2. The maximum atomic E-state index is 13.6. The van der Waals surface area contributed by atoms with E-state index in [0.717, 1.165) is 22.3 Å². The molecule has 0 fully saturated rings. The molecule has 0 saturated heterocycles. The van der Waals surface area contributed by atoms with Crippen molar-refractivity contribution in [2.45, 2.75) is 89.7 Å². The highest BCUT2D eigenvalue weighted by atomic mass is 16.5. The van der Waals surface area contributed by atoms with Crippen LogP contribution in [0.4, 0.5) is 4.79 Å². The number of benzene rings is 3. The van der Waals surface area contributed by atoms with E-state index in [1.807, 2.05) is 60.7 Å². The van der Waals surface area contributed by atoms with E-state index in [4.69, 9.17) is 10.5 Å². The van der Waals surface area contributed by atoms with Crippen LogP contribution in [0.25, 0.3) is 11.1 Å². The molecule has 5 atom stereocenters. The van der Waals surface area contributed by atoms with Gasteiger partial charge in [0.15, 0.2) is 0 Å². The smallest absolute Gasteiger partial charge is 0.407 e. The topological polar surface area (TPSA) is 227 Å². The lowest BCUT2D eigenvalue weighted by molar-refractivity contribution is -0.134. The molecule has 15 heteroatoms. The van der Waals surface area contributed by atoms with Gasteiger partial charge in [0.2, 0.25) is 35.4 Å². The maximum absolute atomic E-state index is 13.6. The molecular formula is C40H49N7O8. The lowest BCUT2D eigenvalue weighted by atomic mass is 9.92. The number of nitrogens with two attached hydrogens (primary N) is 1. The second-order valence-electron chi connectivity index (χ2n) is 13.5. The van der Waals surface area contributed by atoms with Crippen LogP contribution >= 0.6 is 0 Å². The number of nitrogens with one attached hydrogen (secondary N) is 6. The highest BCUT2D eigenvalue weighted by molar-refractivity contribution is 5.96. The molecule has 0 spiro atoms. The molecule has 7 amide bonds. The summed E-state index contributed by atoms with van der Waals surface area (Å²) < 4.78 is 5.22. The van der Waals surface area contributed by atoms with Gasteiger partial charge in [-0.05, 0) is 60.9 Å². The lowest BCUT2D eigenvalue weighted by Gasteiger charge is -2.25. The zero-order chi connectivity index (χ0) is 39.9. The Bertz CT molecular complexity index is 1850. The van der Waals surface area contributed by atoms with Crippen LogP contribution in [0.3, 0.4) is 0 Å². The maximum Gasteiger partial charge on any atom is 0.407 e. The minimum atomic E-state index is -1.15. The number of carbonyl (C=O) groups excluding carboxylic acids is 7. The van der Waals surface area contributed by atoms with Gasteiger partial charge in [0.05, 0.1) is 0 Å². The minimum absolute atomic E-state index is 0.0546. The molecule has 1 aliphatic heterocycles. The van der Waals surface area contributed by atoms with E-state index in [-0.39, 0.29) is 32.4 Å². The molecule has 1 heterocycles. The van der Waals surface area contributed by atoms with Gasteiger partial charge in [-0.3, -0.25) is 28.8 Å². The largest absolute Gasteiger partial charge is 0.445 e. The van der Waals surface area contributed by atoms with Crippen molar-refractivity contribution in [1.82, 2.24) is 31.9 Å². The number of alkyl carbamates (subject to hydrolysis) is 1. The van der Waals surface area contributed by atoms with Gasteiger partial charge in [-0.25, -0.2) is 4.79 Å². The number of fused-ring (bicyclic) bond motifs is 4. The normalized spacial score (nSPS) is 21.0. The molecule has 0 aromatic heterocycles. The third kappa shape index (κ3) is 13.0. The third-order valence-electron chi connectivity index (χ3n) is 9.01. The number of ether oxygens (including phenoxy) is 1. The van der Waals surface area contributed by atoms with Gasteiger partial charge in [-0.1, -0.05) is 78.9 Å². The van der Waals surface area contributed by atoms with Gasteiger partial charge in [0.1, 0.15) is 36.8 Å². The standard InChI is InChI=1S/C40H49N7O8/c1-24-36(50)46-32(18-9-10-19-42-40(54)55-23-27-12-5-4-6-13-27)38(52)43-25(2)37(51)47-33(35(41)49)21-28-14-11-16-29(20-28)31-17-8-7-15-30(31)22-34(39(53)44-24)45-26(3)48/h4-8,11-17,20,24-25,32-34H,9-10,18-19,21-23H2,1-3H3,(H2,41,49)(H,42,54)(H,43,52)(H,44,53)(H,45,48)(H,46,50)(H,47,51)/t24-,25-,32-,33-,34-/m0/s1. The fourth-order valence-electron chi connectivity index (χ4n) is 6.04. The molecule has 4 rings (SSSR count). The predicted molar refractivity (Wildman–Crippen MR) is 204 cm³/mol. The fourth-order valence-corrected chi connectivity index (χ4v) is 6.04. The molecule has 3 aromatic carbocycles. The lowest BCUT2D eigenvalue weighted by Crippen LogP contribution is -2.58. The second-order valence-corrected chi connectivity index (χ2v) is 13.5. The van der Waals surface area contributed by atoms with Crippen molar-refractivity contribution in [3.8, 4) is 11.1 Å². The van der Waals surface area contributed by atoms with Gasteiger partial charge >= 0.3 is 6.09 Å². The monoisotopic (exact) mass is 755 g/mol. The Balaban J connectivity index is 1.54. The Kier molecular flexibility index (Phi) is 15.3. The molecule has 0 radical (unpaired) electrons. The Morgan fingerprint density at radius 3 is 2.15 bits per heavy atom. The molecule has 0 aliphatic carbocycles. The van der Waals surface area contributed by atoms with Gasteiger partial charge in [-0.2, -0.15) is 0 Å². The van der Waals surface area contributed by atoms with Gasteiger partial charge in [0, 0.05) is 26.3 Å². The number of primary amides is 1. The Hall–Kier alpha value is -6.25. The first kappa shape index (κ1) is 41.5. The summed E-state index contributed by atoms with van der Waals surface area (Å²) in [6.07, 6.45) is 0.425. The molecule has 55 heavy (non-hydrogen) atoms. The third-order valence-corrected chi connectivity index (χ3v) is 9.01. The highest BCUT2D eigenvalue weighted by Gasteiger charge is 2.30. The van der Waals surface area contributed by atoms with Crippen molar-refractivity contribution >= 4 is 41.5 Å². The molecule has 0 unspecified atom stereocenters. The summed E-state index contributed by atoms with van der Waals surface area (Å²) in [6.45, 7) is 4.50. The van der Waals surface area contributed by atoms with Crippen LogP contribution in [-0.4, -0.2) is 78.3 Å². The molecule has 15 nitrogen and oxygen atoms in total. The molecule has 0 saturated carbocycles. The quantitative estimate of drug-likeness (QED) is 0.158. The van der Waals surface area contributed by atoms with Crippen LogP contribution in [0, 0.1) is 0 Å². The molecule has 1 aliphatic rings. The molecule has 3 aromatic rings. The van der Waals surface area contributed by atoms with Crippen molar-refractivity contribution in [3.63, 3.8) is 0 Å². The summed E-state index contributed by atoms with van der Waals surface area (Å²) in [5.41, 5.74) is 9.48. The van der Waals surface area contributed by atoms with E-state index in [1.165, 1.54) is 20.8 Å². The van der Waals surface area contributed by atoms with E-state index in [9.17, 15) is 33.6 Å². The van der Waals surface area contributed by atoms with Crippen molar-refractivity contribution in [1.29, 1.82) is 0 Å². The fraction of sp³-hybridized carbons (Fsp3) is 0.375. The molecular weight excluding hydrogens is 706 g/mol. The number of unbranched alkanes of at least 4 members (excludes halogenated alkanes) is 1. The van der Waals surface area contributed by atoms with E-state index >= 15 is 0 Å². The van der Waals surface area contributed by atoms with Crippen LogP contribution in [0.15, 0.2) is 78.9 Å². The number of amides is 7. The first-order valence-electron chi connectivity index (χ1n) is 18.2. The van der Waals surface area contributed by atoms with Crippen molar-refractivity contribution in [2.24, 2.45) is 5.73 Å². The second kappa shape index (κ2) is 20.3. The summed E-state index contributed by atoms with van der Waals surface area (Å²) >= 11 is 0. The van der Waals surface area contributed by atoms with Gasteiger partial charge in [0.25, 0.3) is 0 Å². The zero-order valence-electron chi connectivity index (χ0n) is 31.2. The predicted octanol–water partition coefficient (Wildman–Crippen LogP) is 1.52. The highest BCUT2D eigenvalue weighted by Crippen LogP contribution is 2.26. The summed E-state index contributed by atoms with van der Waals surface area (Å²) in [6, 6.07) is 18.2. The number of hydrogen-bond donors (Lipinski definition) is 7. The minimum Gasteiger partial charge on any atom is -0.445 e. The number of hydrogen-bond acceptors (Lipinski definition) is 8. The van der Waals surface area contributed by atoms with Gasteiger partial charge < -0.3 is 42.4 Å². The summed E-state index contributed by atoms with van der Waals surface area (Å²) in [4.78, 5) is 90.8. The average Bonchev–Trinajstić information content (AvgIpc) is 3.15. The van der Waals surface area contributed by atoms with Crippen LogP contribution in [0.5, 0.6) is 0 Å². The van der Waals surface area contributed by atoms with Crippen LogP contribution in [0.2, 0.25) is 0 Å². The van der Waals surface area contributed by atoms with Crippen molar-refractivity contribution in [2.75, 3.05) is 6.54 Å². The van der Waals surface area contributed by atoms with E-state index in [2.05, 4.69) is 31.9 Å². The van der Waals surface area contributed by atoms with Gasteiger partial charge in [-0.15, -0.1) is 0 Å². The van der Waals surface area contributed by atoms with E-state index in [0.29, 0.717) is 18.4 Å². The molecule has 292 valence electrons. The average molecular weight is 756 g/mol. The summed E-state index contributed by atoms with van der Waals surface area (Å²) in [5.74, 6) is -3.88. The first-order chi connectivity index (χ1) is 26.3. The van der Waals surface area contributed by atoms with E-state index < -0.39 is 71.7 Å². The van der Waals surface area contributed by atoms with Crippen LogP contribution in [-0.2, 0) is 53.0 Å². The van der Waals surface area contributed by atoms with Crippen molar-refractivity contribution < 1.29 is 38.3 Å². The molecule has 8 N–H and O–H groups in total. The van der Waals surface area contributed by atoms with Crippen LogP contribution < -0.4 is 37.6 Å². The van der Waals surface area contributed by atoms with Crippen molar-refractivity contribution in [3.05, 3.63) is 95.6 Å². The summed E-state index contributed by atoms with van der Waals surface area (Å²) in [7, 11) is 0. The van der Waals surface area contributed by atoms with Crippen LogP contribution in [0.1, 0.15) is 56.7 Å². The Labute approximate surface area is 319 Å². The Morgan fingerprint density at radius 2 is 1.44 bits per heavy atom. The van der Waals surface area contributed by atoms with E-state index in [1.54, 1.807) is 18.2 Å². The zero-order valence-corrected chi connectivity index (χ0v) is 31.2. The summed E-state index contributed by atoms with van der Waals surface area (Å²) in [5, 5.41) is 15.9. The molecule has 2 bridgehead atoms. The number of rotatable bonds is 9. The SMILES string of the molecule is CC(=O)N[C@H]1Cc2ccccc2-c2cccc(c2)C[C@@H](C(N)=O)NC(=O)[C@H](C)NC(=O)[C@H](CCCCNC(=O)OCc2ccccc2)NC(=O)[C@H](C)NC1=O. The Morgan fingerprint density at radius 1 is 0.764 bits per heavy atom.